The largest absolute Gasteiger partial charge is 0.480 e. The molecule has 1 N–H and O–H groups in total. The van der Waals surface area contributed by atoms with Crippen LogP contribution in [0.4, 0.5) is 5.69 Å². The molecule has 0 saturated carbocycles. The van der Waals surface area contributed by atoms with Crippen molar-refractivity contribution < 1.29 is 24.0 Å². The average molecular weight is 527 g/mol. The van der Waals surface area contributed by atoms with Crippen LogP contribution < -0.4 is 0 Å². The molecule has 2 saturated heterocycles. The van der Waals surface area contributed by atoms with E-state index in [1.165, 1.54) is 35.7 Å². The van der Waals surface area contributed by atoms with Gasteiger partial charge < -0.3 is 14.4 Å². The fourth-order valence-electron chi connectivity index (χ4n) is 4.37. The van der Waals surface area contributed by atoms with Gasteiger partial charge in [-0.3, -0.25) is 14.9 Å². The number of nitrogens with zero attached hydrogens (tertiary/aromatic N) is 2. The van der Waals surface area contributed by atoms with E-state index in [1.54, 1.807) is 17.0 Å². The van der Waals surface area contributed by atoms with Crippen LogP contribution in [0.3, 0.4) is 0 Å². The molecule has 2 unspecified atom stereocenters. The maximum atomic E-state index is 13.4. The number of benzene rings is 1. The molecule has 0 radical (unpaired) electrons. The van der Waals surface area contributed by atoms with Crippen molar-refractivity contribution in [2.45, 2.75) is 80.8 Å². The second-order valence-corrected chi connectivity index (χ2v) is 18.3. The molecule has 34 heavy (non-hydrogen) atoms. The summed E-state index contributed by atoms with van der Waals surface area (Å²) in [6, 6.07) is 5.56. The SMILES string of the molecule is CCSC1(C(=O)O)S[C@@H]2[C@@H]([C@@H](C)O[Si](C)(C)C(C)(C)C)C(=O)N2C1Cc1ccc([N+](=O)[O-])cc1. The zero-order valence-corrected chi connectivity index (χ0v) is 23.4. The Morgan fingerprint density at radius 1 is 1.35 bits per heavy atom. The van der Waals surface area contributed by atoms with Crippen LogP contribution in [0.25, 0.3) is 0 Å². The number of hydrogen-bond donors (Lipinski definition) is 1. The third-order valence-electron chi connectivity index (χ3n) is 7.22. The van der Waals surface area contributed by atoms with Gasteiger partial charge in [-0.15, -0.1) is 23.5 Å². The average Bonchev–Trinajstić information content (AvgIpc) is 2.97. The number of aliphatic carboxylic acids is 1. The summed E-state index contributed by atoms with van der Waals surface area (Å²) < 4.78 is 5.32. The van der Waals surface area contributed by atoms with Crippen LogP contribution in [0.2, 0.25) is 18.1 Å². The topological polar surface area (TPSA) is 110 Å². The standard InChI is InChI=1S/C23H34N2O6S2Si/c1-8-32-23(21(27)28)17(13-15-9-11-16(12-10-15)25(29)30)24-19(26)18(20(24)33-23)14(2)31-34(6,7)22(3,4)5/h9-12,14,17-18,20H,8,13H2,1-7H3,(H,27,28)/t14-,17?,18+,20-,23?/m1/s1. The first-order chi connectivity index (χ1) is 15.7. The molecule has 1 amide bonds. The summed E-state index contributed by atoms with van der Waals surface area (Å²) in [5.41, 5.74) is 0.743. The number of thioether (sulfide) groups is 2. The summed E-state index contributed by atoms with van der Waals surface area (Å²) in [7, 11) is -2.11. The third-order valence-corrected chi connectivity index (χ3v) is 15.2. The predicted molar refractivity (Wildman–Crippen MR) is 139 cm³/mol. The molecule has 0 aliphatic carbocycles. The molecule has 188 valence electrons. The number of carbonyl (C=O) groups is 2. The van der Waals surface area contributed by atoms with Gasteiger partial charge in [0.2, 0.25) is 5.91 Å². The van der Waals surface area contributed by atoms with Crippen molar-refractivity contribution in [3.63, 3.8) is 0 Å². The lowest BCUT2D eigenvalue weighted by atomic mass is 9.88. The van der Waals surface area contributed by atoms with E-state index >= 15 is 0 Å². The van der Waals surface area contributed by atoms with E-state index in [4.69, 9.17) is 4.43 Å². The smallest absolute Gasteiger partial charge is 0.332 e. The minimum Gasteiger partial charge on any atom is -0.480 e. The van der Waals surface area contributed by atoms with Crippen molar-refractivity contribution in [1.82, 2.24) is 4.90 Å². The fraction of sp³-hybridized carbons (Fsp3) is 0.652. The van der Waals surface area contributed by atoms with E-state index in [0.717, 1.165) is 5.56 Å². The van der Waals surface area contributed by atoms with Crippen molar-refractivity contribution in [3.05, 3.63) is 39.9 Å². The lowest BCUT2D eigenvalue weighted by Gasteiger charge is -2.49. The van der Waals surface area contributed by atoms with E-state index < -0.39 is 35.2 Å². The number of amides is 1. The van der Waals surface area contributed by atoms with Gasteiger partial charge in [0.05, 0.1) is 28.4 Å². The molecule has 11 heteroatoms. The van der Waals surface area contributed by atoms with Crippen LogP contribution in [0, 0.1) is 16.0 Å². The van der Waals surface area contributed by atoms with E-state index in [-0.39, 0.29) is 28.1 Å². The molecule has 2 fully saturated rings. The van der Waals surface area contributed by atoms with Gasteiger partial charge in [0.1, 0.15) is 0 Å². The lowest BCUT2D eigenvalue weighted by molar-refractivity contribution is -0.384. The van der Waals surface area contributed by atoms with Crippen LogP contribution in [-0.4, -0.2) is 62.5 Å². The van der Waals surface area contributed by atoms with Gasteiger partial charge in [0.25, 0.3) is 5.69 Å². The van der Waals surface area contributed by atoms with E-state index in [0.29, 0.717) is 12.2 Å². The quantitative estimate of drug-likeness (QED) is 0.208. The molecule has 8 nitrogen and oxygen atoms in total. The summed E-state index contributed by atoms with van der Waals surface area (Å²) in [6.07, 6.45) is 0.00915. The van der Waals surface area contributed by atoms with Crippen LogP contribution in [0.5, 0.6) is 0 Å². The number of β-lactam (4-membered cyclic amide) rings is 1. The van der Waals surface area contributed by atoms with Crippen LogP contribution in [0.15, 0.2) is 24.3 Å². The van der Waals surface area contributed by atoms with Crippen molar-refractivity contribution >= 4 is 49.4 Å². The van der Waals surface area contributed by atoms with E-state index in [2.05, 4.69) is 33.9 Å². The van der Waals surface area contributed by atoms with Gasteiger partial charge >= 0.3 is 5.97 Å². The zero-order valence-electron chi connectivity index (χ0n) is 20.7. The second-order valence-electron chi connectivity index (χ2n) is 10.4. The number of carboxylic acid groups (broad SMARTS) is 1. The van der Waals surface area contributed by atoms with Gasteiger partial charge in [0, 0.05) is 12.1 Å². The molecule has 1 aromatic rings. The monoisotopic (exact) mass is 526 g/mol. The molecule has 2 heterocycles. The second kappa shape index (κ2) is 9.48. The normalized spacial score (nSPS) is 27.8. The number of fused-ring (bicyclic) bond motifs is 1. The Balaban J connectivity index is 1.90. The molecular formula is C23H34N2O6S2Si. The van der Waals surface area contributed by atoms with Gasteiger partial charge in [0.15, 0.2) is 12.4 Å². The summed E-state index contributed by atoms with van der Waals surface area (Å²) in [6.45, 7) is 14.6. The van der Waals surface area contributed by atoms with E-state index in [9.17, 15) is 24.8 Å². The first kappa shape index (κ1) is 27.0. The molecule has 0 aromatic heterocycles. The molecule has 2 aliphatic heterocycles. The van der Waals surface area contributed by atoms with Crippen molar-refractivity contribution in [2.75, 3.05) is 5.75 Å². The highest BCUT2D eigenvalue weighted by atomic mass is 32.2. The first-order valence-electron chi connectivity index (χ1n) is 11.4. The van der Waals surface area contributed by atoms with Crippen LogP contribution in [0.1, 0.15) is 40.2 Å². The van der Waals surface area contributed by atoms with E-state index in [1.807, 2.05) is 13.8 Å². The van der Waals surface area contributed by atoms with Gasteiger partial charge in [-0.1, -0.05) is 39.8 Å². The molecule has 0 bridgehead atoms. The van der Waals surface area contributed by atoms with Crippen molar-refractivity contribution in [3.8, 4) is 0 Å². The zero-order chi connectivity index (χ0) is 25.6. The Labute approximate surface area is 210 Å². The molecule has 2 aliphatic rings. The number of nitro benzene ring substituents is 1. The number of non-ortho nitro benzene ring substituents is 1. The number of carboxylic acids is 1. The number of nitro groups is 1. The van der Waals surface area contributed by atoms with Crippen LogP contribution >= 0.6 is 23.5 Å². The van der Waals surface area contributed by atoms with Gasteiger partial charge in [-0.05, 0) is 42.8 Å². The Morgan fingerprint density at radius 2 is 1.94 bits per heavy atom. The Kier molecular flexibility index (Phi) is 7.53. The van der Waals surface area contributed by atoms with Crippen molar-refractivity contribution in [2.24, 2.45) is 5.92 Å². The number of rotatable bonds is 9. The lowest BCUT2D eigenvalue weighted by Crippen LogP contribution is -2.65. The highest BCUT2D eigenvalue weighted by Crippen LogP contribution is 2.60. The maximum absolute atomic E-state index is 13.4. The molecular weight excluding hydrogens is 492 g/mol. The number of carbonyl (C=O) groups excluding carboxylic acids is 1. The fourth-order valence-corrected chi connectivity index (χ4v) is 9.32. The first-order valence-corrected chi connectivity index (χ1v) is 16.2. The summed E-state index contributed by atoms with van der Waals surface area (Å²) in [4.78, 5) is 38.3. The summed E-state index contributed by atoms with van der Waals surface area (Å²) >= 11 is 2.69. The minimum absolute atomic E-state index is 0.00208. The Hall–Kier alpha value is -1.56. The molecule has 5 atom stereocenters. The Morgan fingerprint density at radius 3 is 2.41 bits per heavy atom. The molecule has 3 rings (SSSR count). The molecule has 0 spiro atoms. The highest BCUT2D eigenvalue weighted by Gasteiger charge is 2.68. The number of hydrogen-bond acceptors (Lipinski definition) is 7. The van der Waals surface area contributed by atoms with Gasteiger partial charge in [-0.25, -0.2) is 4.79 Å². The highest BCUT2D eigenvalue weighted by molar-refractivity contribution is 8.20. The predicted octanol–water partition coefficient (Wildman–Crippen LogP) is 4.98. The third kappa shape index (κ3) is 4.63. The summed E-state index contributed by atoms with van der Waals surface area (Å²) in [5, 5.41) is 21.1. The Bertz CT molecular complexity index is 967. The van der Waals surface area contributed by atoms with Gasteiger partial charge in [-0.2, -0.15) is 0 Å². The minimum atomic E-state index is -2.11. The maximum Gasteiger partial charge on any atom is 0.332 e. The van der Waals surface area contributed by atoms with Crippen molar-refractivity contribution in [1.29, 1.82) is 0 Å². The summed E-state index contributed by atoms with van der Waals surface area (Å²) in [5.74, 6) is -0.825. The van der Waals surface area contributed by atoms with Crippen LogP contribution in [-0.2, 0) is 20.4 Å². The molecule has 1 aromatic carbocycles.